The lowest BCUT2D eigenvalue weighted by atomic mass is 10.0. The van der Waals surface area contributed by atoms with Crippen LogP contribution in [0.4, 0.5) is 0 Å². The maximum Gasteiger partial charge on any atom is 0.306 e. The normalized spacial score (nSPS) is 11.7. The first-order valence-electron chi connectivity index (χ1n) is 29.8. The second-order valence-corrected chi connectivity index (χ2v) is 20.3. The third-order valence-corrected chi connectivity index (χ3v) is 13.5. The van der Waals surface area contributed by atoms with Crippen LogP contribution in [-0.2, 0) is 28.6 Å². The lowest BCUT2D eigenvalue weighted by molar-refractivity contribution is -0.167. The molecule has 6 nitrogen and oxygen atoms in total. The zero-order valence-corrected chi connectivity index (χ0v) is 45.2. The van der Waals surface area contributed by atoms with Crippen LogP contribution >= 0.6 is 0 Å². The van der Waals surface area contributed by atoms with E-state index < -0.39 is 6.10 Å². The Morgan fingerprint density at radius 2 is 0.537 bits per heavy atom. The van der Waals surface area contributed by atoms with E-state index in [9.17, 15) is 14.4 Å². The summed E-state index contributed by atoms with van der Waals surface area (Å²) in [5, 5.41) is 0. The van der Waals surface area contributed by atoms with Crippen molar-refractivity contribution in [3.63, 3.8) is 0 Å². The van der Waals surface area contributed by atoms with E-state index in [1.54, 1.807) is 0 Å². The summed E-state index contributed by atoms with van der Waals surface area (Å²) in [5.74, 6) is -0.861. The highest BCUT2D eigenvalue weighted by Crippen LogP contribution is 2.17. The minimum absolute atomic E-state index is 0.0713. The highest BCUT2D eigenvalue weighted by Gasteiger charge is 2.19. The monoisotopic (exact) mass is 943 g/mol. The van der Waals surface area contributed by atoms with Crippen LogP contribution in [0.3, 0.4) is 0 Å². The smallest absolute Gasteiger partial charge is 0.306 e. The molecule has 0 radical (unpaired) electrons. The minimum Gasteiger partial charge on any atom is -0.462 e. The number of hydrogen-bond donors (Lipinski definition) is 0. The fourth-order valence-electron chi connectivity index (χ4n) is 8.95. The van der Waals surface area contributed by atoms with Gasteiger partial charge in [0.2, 0.25) is 0 Å². The lowest BCUT2D eigenvalue weighted by Gasteiger charge is -2.18. The maximum absolute atomic E-state index is 12.9. The molecule has 0 aliphatic carbocycles. The van der Waals surface area contributed by atoms with Gasteiger partial charge in [-0.3, -0.25) is 14.4 Å². The van der Waals surface area contributed by atoms with E-state index in [0.29, 0.717) is 19.3 Å². The summed E-state index contributed by atoms with van der Waals surface area (Å²) < 4.78 is 16.9. The summed E-state index contributed by atoms with van der Waals surface area (Å²) in [7, 11) is 0. The van der Waals surface area contributed by atoms with Crippen LogP contribution in [0.25, 0.3) is 0 Å². The largest absolute Gasteiger partial charge is 0.462 e. The molecular weight excluding hydrogens is 829 g/mol. The SMILES string of the molecule is CCCCC/C=C\C/C=C\CCCCCCCC(=O)OC(COC(=O)CCCCCCCCCCCCCCCCCCC)COC(=O)CCCCCCCCCCCCCCCCCCC. The van der Waals surface area contributed by atoms with E-state index in [1.165, 1.54) is 212 Å². The summed E-state index contributed by atoms with van der Waals surface area (Å²) in [6.45, 7) is 6.66. The molecule has 0 aromatic carbocycles. The van der Waals surface area contributed by atoms with Gasteiger partial charge < -0.3 is 14.2 Å². The molecule has 0 aromatic rings. The van der Waals surface area contributed by atoms with Crippen LogP contribution in [0.5, 0.6) is 0 Å². The van der Waals surface area contributed by atoms with Crippen molar-refractivity contribution in [2.75, 3.05) is 13.2 Å². The maximum atomic E-state index is 12.9. The predicted molar refractivity (Wildman–Crippen MR) is 289 cm³/mol. The van der Waals surface area contributed by atoms with Crippen molar-refractivity contribution in [1.82, 2.24) is 0 Å². The number of esters is 3. The van der Waals surface area contributed by atoms with Crippen molar-refractivity contribution >= 4 is 17.9 Å². The van der Waals surface area contributed by atoms with Crippen LogP contribution in [0.15, 0.2) is 24.3 Å². The Bertz CT molecular complexity index is 1030. The number of unbranched alkanes of at least 4 members (excludes halogenated alkanes) is 40. The Morgan fingerprint density at radius 1 is 0.299 bits per heavy atom. The molecule has 0 N–H and O–H groups in total. The molecule has 6 heteroatoms. The van der Waals surface area contributed by atoms with E-state index >= 15 is 0 Å². The highest BCUT2D eigenvalue weighted by atomic mass is 16.6. The highest BCUT2D eigenvalue weighted by molar-refractivity contribution is 5.71. The minimum atomic E-state index is -0.774. The second kappa shape index (κ2) is 56.5. The van der Waals surface area contributed by atoms with Gasteiger partial charge in [-0.15, -0.1) is 0 Å². The van der Waals surface area contributed by atoms with Crippen molar-refractivity contribution < 1.29 is 28.6 Å². The first kappa shape index (κ1) is 64.9. The Hall–Kier alpha value is -2.11. The Morgan fingerprint density at radius 3 is 0.851 bits per heavy atom. The number of ether oxygens (including phenoxy) is 3. The van der Waals surface area contributed by atoms with Gasteiger partial charge in [0.15, 0.2) is 6.10 Å². The van der Waals surface area contributed by atoms with E-state index in [0.717, 1.165) is 77.0 Å². The van der Waals surface area contributed by atoms with Gasteiger partial charge in [-0.25, -0.2) is 0 Å². The second-order valence-electron chi connectivity index (χ2n) is 20.3. The lowest BCUT2D eigenvalue weighted by Crippen LogP contribution is -2.30. The summed E-state index contributed by atoms with van der Waals surface area (Å²) in [6.07, 6.45) is 66.0. The van der Waals surface area contributed by atoms with Crippen molar-refractivity contribution in [2.45, 2.75) is 335 Å². The molecule has 67 heavy (non-hydrogen) atoms. The van der Waals surface area contributed by atoms with E-state index in [-0.39, 0.29) is 31.1 Å². The van der Waals surface area contributed by atoms with Crippen molar-refractivity contribution in [3.8, 4) is 0 Å². The number of rotatable bonds is 55. The molecule has 0 heterocycles. The fourth-order valence-corrected chi connectivity index (χ4v) is 8.95. The van der Waals surface area contributed by atoms with Gasteiger partial charge in [0, 0.05) is 19.3 Å². The Labute approximate surface area is 417 Å². The molecule has 0 rings (SSSR count). The molecule has 0 aliphatic rings. The summed E-state index contributed by atoms with van der Waals surface area (Å²) in [4.78, 5) is 38.2. The molecule has 394 valence electrons. The van der Waals surface area contributed by atoms with E-state index in [2.05, 4.69) is 45.1 Å². The van der Waals surface area contributed by atoms with Crippen LogP contribution < -0.4 is 0 Å². The molecule has 0 bridgehead atoms. The van der Waals surface area contributed by atoms with Crippen molar-refractivity contribution in [1.29, 1.82) is 0 Å². The summed E-state index contributed by atoms with van der Waals surface area (Å²) >= 11 is 0. The van der Waals surface area contributed by atoms with Gasteiger partial charge in [0.05, 0.1) is 0 Å². The first-order valence-corrected chi connectivity index (χ1v) is 29.8. The Kier molecular flexibility index (Phi) is 54.7. The summed E-state index contributed by atoms with van der Waals surface area (Å²) in [6, 6.07) is 0. The Balaban J connectivity index is 4.33. The molecule has 0 aliphatic heterocycles. The van der Waals surface area contributed by atoms with Gasteiger partial charge in [0.25, 0.3) is 0 Å². The van der Waals surface area contributed by atoms with E-state index in [4.69, 9.17) is 14.2 Å². The van der Waals surface area contributed by atoms with Gasteiger partial charge in [-0.05, 0) is 51.4 Å². The first-order chi connectivity index (χ1) is 33.0. The average molecular weight is 944 g/mol. The topological polar surface area (TPSA) is 78.9 Å². The zero-order chi connectivity index (χ0) is 48.6. The number of allylic oxidation sites excluding steroid dienone is 4. The molecule has 0 unspecified atom stereocenters. The standard InChI is InChI=1S/C61H114O6/c1-4-7-10-13-16-19-22-25-28-30-33-35-38-41-44-47-50-53-59(62)65-56-58(67-61(64)55-52-49-46-43-40-37-32-27-24-21-18-15-12-9-6-3)57-66-60(63)54-51-48-45-42-39-36-34-31-29-26-23-20-17-14-11-8-5-2/h18,21,27,32,58H,4-17,19-20,22-26,28-31,33-57H2,1-3H3/b21-18-,32-27-. The van der Waals surface area contributed by atoms with Crippen LogP contribution in [0.2, 0.25) is 0 Å². The van der Waals surface area contributed by atoms with Gasteiger partial charge in [-0.2, -0.15) is 0 Å². The molecule has 0 saturated heterocycles. The number of carbonyl (C=O) groups excluding carboxylic acids is 3. The molecule has 0 saturated carbocycles. The third kappa shape index (κ3) is 54.7. The number of hydrogen-bond acceptors (Lipinski definition) is 6. The van der Waals surface area contributed by atoms with Gasteiger partial charge in [-0.1, -0.05) is 283 Å². The molecule has 0 fully saturated rings. The molecule has 0 spiro atoms. The molecular formula is C61H114O6. The zero-order valence-electron chi connectivity index (χ0n) is 45.2. The fraction of sp³-hybridized carbons (Fsp3) is 0.885. The van der Waals surface area contributed by atoms with Gasteiger partial charge >= 0.3 is 17.9 Å². The van der Waals surface area contributed by atoms with Crippen molar-refractivity contribution in [3.05, 3.63) is 24.3 Å². The molecule has 0 atom stereocenters. The van der Waals surface area contributed by atoms with E-state index in [1.807, 2.05) is 0 Å². The van der Waals surface area contributed by atoms with Crippen LogP contribution in [-0.4, -0.2) is 37.2 Å². The van der Waals surface area contributed by atoms with Crippen LogP contribution in [0, 0.1) is 0 Å². The number of carbonyl (C=O) groups is 3. The molecule has 0 aromatic heterocycles. The quantitative estimate of drug-likeness (QED) is 0.0262. The predicted octanol–water partition coefficient (Wildman–Crippen LogP) is 19.9. The van der Waals surface area contributed by atoms with Gasteiger partial charge in [0.1, 0.15) is 13.2 Å². The average Bonchev–Trinajstić information content (AvgIpc) is 3.33. The van der Waals surface area contributed by atoms with Crippen molar-refractivity contribution in [2.24, 2.45) is 0 Å². The third-order valence-electron chi connectivity index (χ3n) is 13.5. The molecule has 0 amide bonds. The summed E-state index contributed by atoms with van der Waals surface area (Å²) in [5.41, 5.74) is 0. The van der Waals surface area contributed by atoms with Crippen LogP contribution in [0.1, 0.15) is 329 Å².